The van der Waals surface area contributed by atoms with Crippen LogP contribution in [0, 0.1) is 0 Å². The highest BCUT2D eigenvalue weighted by Gasteiger charge is 2.12. The molecule has 4 nitrogen and oxygen atoms in total. The van der Waals surface area contributed by atoms with E-state index in [0.717, 1.165) is 18.9 Å². The van der Waals surface area contributed by atoms with Gasteiger partial charge in [0, 0.05) is 12.6 Å². The van der Waals surface area contributed by atoms with Crippen molar-refractivity contribution in [3.8, 4) is 11.6 Å². The Kier molecular flexibility index (Phi) is 14.4. The molecular weight excluding hydrogens is 362 g/mol. The number of pyridine rings is 1. The second-order valence-electron chi connectivity index (χ2n) is 8.47. The van der Waals surface area contributed by atoms with E-state index in [9.17, 15) is 15.0 Å². The third-order valence-corrected chi connectivity index (χ3v) is 5.94. The van der Waals surface area contributed by atoms with Gasteiger partial charge in [-0.05, 0) is 12.8 Å². The van der Waals surface area contributed by atoms with Crippen LogP contribution in [-0.2, 0) is 13.0 Å². The van der Waals surface area contributed by atoms with Crippen molar-refractivity contribution in [2.24, 2.45) is 0 Å². The Morgan fingerprint density at radius 2 is 1.10 bits per heavy atom. The SMILES string of the molecule is CCCCCCCCCCCCCCCCCCn1c(O)cc(=O)c(O)c1CC. The zero-order chi connectivity index (χ0) is 21.3. The Hall–Kier alpha value is -1.45. The number of nitrogens with zero attached hydrogens (tertiary/aromatic N) is 1. The smallest absolute Gasteiger partial charge is 0.227 e. The van der Waals surface area contributed by atoms with Crippen LogP contribution < -0.4 is 5.43 Å². The van der Waals surface area contributed by atoms with Crippen molar-refractivity contribution in [3.05, 3.63) is 22.0 Å². The van der Waals surface area contributed by atoms with Crippen LogP contribution >= 0.6 is 0 Å². The summed E-state index contributed by atoms with van der Waals surface area (Å²) < 4.78 is 1.68. The summed E-state index contributed by atoms with van der Waals surface area (Å²) in [5.41, 5.74) is 0.0403. The van der Waals surface area contributed by atoms with E-state index in [4.69, 9.17) is 0 Å². The molecular formula is C25H45NO3. The molecule has 0 fully saturated rings. The van der Waals surface area contributed by atoms with Crippen molar-refractivity contribution in [3.63, 3.8) is 0 Å². The Morgan fingerprint density at radius 1 is 0.690 bits per heavy atom. The third kappa shape index (κ3) is 10.8. The van der Waals surface area contributed by atoms with E-state index < -0.39 is 5.43 Å². The van der Waals surface area contributed by atoms with Gasteiger partial charge in [-0.3, -0.25) is 4.79 Å². The van der Waals surface area contributed by atoms with Gasteiger partial charge in [-0.25, -0.2) is 0 Å². The van der Waals surface area contributed by atoms with Crippen LogP contribution in [0.15, 0.2) is 10.9 Å². The van der Waals surface area contributed by atoms with Crippen LogP contribution in [0.4, 0.5) is 0 Å². The lowest BCUT2D eigenvalue weighted by Gasteiger charge is -2.15. The van der Waals surface area contributed by atoms with Crippen molar-refractivity contribution < 1.29 is 10.2 Å². The van der Waals surface area contributed by atoms with E-state index >= 15 is 0 Å². The molecule has 0 aromatic carbocycles. The van der Waals surface area contributed by atoms with Crippen LogP contribution in [-0.4, -0.2) is 14.8 Å². The van der Waals surface area contributed by atoms with E-state index in [0.29, 0.717) is 18.7 Å². The highest BCUT2D eigenvalue weighted by molar-refractivity contribution is 5.31. The largest absolute Gasteiger partial charge is 0.503 e. The second-order valence-corrected chi connectivity index (χ2v) is 8.47. The van der Waals surface area contributed by atoms with E-state index in [2.05, 4.69) is 6.92 Å². The zero-order valence-electron chi connectivity index (χ0n) is 19.1. The molecule has 168 valence electrons. The first kappa shape index (κ1) is 25.6. The lowest BCUT2D eigenvalue weighted by molar-refractivity contribution is 0.380. The number of hydrogen-bond acceptors (Lipinski definition) is 3. The highest BCUT2D eigenvalue weighted by atomic mass is 16.3. The van der Waals surface area contributed by atoms with Crippen molar-refractivity contribution in [1.29, 1.82) is 0 Å². The van der Waals surface area contributed by atoms with Crippen LogP contribution in [0.5, 0.6) is 11.6 Å². The molecule has 1 rings (SSSR count). The van der Waals surface area contributed by atoms with E-state index in [-0.39, 0.29) is 11.6 Å². The maximum absolute atomic E-state index is 11.6. The molecule has 29 heavy (non-hydrogen) atoms. The molecule has 4 heteroatoms. The van der Waals surface area contributed by atoms with Gasteiger partial charge in [-0.15, -0.1) is 0 Å². The first-order chi connectivity index (χ1) is 14.1. The standard InChI is InChI=1S/C25H45NO3/c1-3-5-6-7-8-9-10-11-12-13-14-15-16-17-18-19-20-26-22(4-2)25(29)23(27)21-24(26)28/h21,28-29H,3-20H2,1-2H3. The van der Waals surface area contributed by atoms with Gasteiger partial charge in [-0.1, -0.05) is 110 Å². The highest BCUT2D eigenvalue weighted by Crippen LogP contribution is 2.20. The molecule has 0 atom stereocenters. The van der Waals surface area contributed by atoms with Gasteiger partial charge in [-0.2, -0.15) is 0 Å². The molecule has 1 aromatic rings. The predicted octanol–water partition coefficient (Wildman–Crippen LogP) is 7.08. The zero-order valence-corrected chi connectivity index (χ0v) is 19.1. The summed E-state index contributed by atoms with van der Waals surface area (Å²) in [6, 6.07) is 1.11. The molecule has 0 radical (unpaired) electrons. The van der Waals surface area contributed by atoms with Crippen molar-refractivity contribution >= 4 is 0 Å². The van der Waals surface area contributed by atoms with E-state index in [1.54, 1.807) is 4.57 Å². The number of aromatic hydroxyl groups is 2. The normalized spacial score (nSPS) is 11.2. The van der Waals surface area contributed by atoms with Gasteiger partial charge in [0.05, 0.1) is 5.69 Å². The number of aromatic nitrogens is 1. The Labute approximate surface area is 178 Å². The van der Waals surface area contributed by atoms with Gasteiger partial charge in [0.25, 0.3) is 0 Å². The molecule has 0 aliphatic heterocycles. The molecule has 0 aliphatic rings. The van der Waals surface area contributed by atoms with Crippen LogP contribution in [0.1, 0.15) is 122 Å². The van der Waals surface area contributed by atoms with Crippen molar-refractivity contribution in [2.75, 3.05) is 0 Å². The maximum atomic E-state index is 11.6. The number of rotatable bonds is 18. The monoisotopic (exact) mass is 407 g/mol. The molecule has 0 unspecified atom stereocenters. The second kappa shape index (κ2) is 16.4. The molecule has 0 saturated heterocycles. The van der Waals surface area contributed by atoms with E-state index in [1.165, 1.54) is 89.9 Å². The maximum Gasteiger partial charge on any atom is 0.227 e. The summed E-state index contributed by atoms with van der Waals surface area (Å²) in [6.45, 7) is 4.81. The molecule has 0 saturated carbocycles. The molecule has 0 aliphatic carbocycles. The van der Waals surface area contributed by atoms with Crippen LogP contribution in [0.3, 0.4) is 0 Å². The topological polar surface area (TPSA) is 62.5 Å². The lowest BCUT2D eigenvalue weighted by Crippen LogP contribution is -2.13. The summed E-state index contributed by atoms with van der Waals surface area (Å²) >= 11 is 0. The van der Waals surface area contributed by atoms with Crippen LogP contribution in [0.2, 0.25) is 0 Å². The van der Waals surface area contributed by atoms with Gasteiger partial charge in [0.1, 0.15) is 0 Å². The van der Waals surface area contributed by atoms with Gasteiger partial charge in [0.2, 0.25) is 5.43 Å². The summed E-state index contributed by atoms with van der Waals surface area (Å²) in [6.07, 6.45) is 21.8. The number of hydrogen-bond donors (Lipinski definition) is 2. The Bertz CT molecular complexity index is 594. The molecule has 1 heterocycles. The predicted molar refractivity (Wildman–Crippen MR) is 123 cm³/mol. The molecule has 2 N–H and O–H groups in total. The van der Waals surface area contributed by atoms with Crippen molar-refractivity contribution in [2.45, 2.75) is 130 Å². The van der Waals surface area contributed by atoms with E-state index in [1.807, 2.05) is 6.92 Å². The first-order valence-corrected chi connectivity index (χ1v) is 12.3. The average Bonchev–Trinajstić information content (AvgIpc) is 2.71. The lowest BCUT2D eigenvalue weighted by atomic mass is 10.0. The van der Waals surface area contributed by atoms with Gasteiger partial charge < -0.3 is 14.8 Å². The quantitative estimate of drug-likeness (QED) is 0.255. The first-order valence-electron chi connectivity index (χ1n) is 12.3. The summed E-state index contributed by atoms with van der Waals surface area (Å²) in [5, 5.41) is 19.9. The average molecular weight is 408 g/mol. The minimum Gasteiger partial charge on any atom is -0.503 e. The molecule has 1 aromatic heterocycles. The minimum absolute atomic E-state index is 0.0365. The fraction of sp³-hybridized carbons (Fsp3) is 0.800. The fourth-order valence-electron chi connectivity index (χ4n) is 4.10. The Balaban J connectivity index is 1.98. The Morgan fingerprint density at radius 3 is 1.52 bits per heavy atom. The summed E-state index contributed by atoms with van der Waals surface area (Å²) in [5.74, 6) is -0.257. The summed E-state index contributed by atoms with van der Waals surface area (Å²) in [4.78, 5) is 11.6. The fourth-order valence-corrected chi connectivity index (χ4v) is 4.10. The molecule has 0 amide bonds. The third-order valence-electron chi connectivity index (χ3n) is 5.94. The van der Waals surface area contributed by atoms with Gasteiger partial charge >= 0.3 is 0 Å². The minimum atomic E-state index is -0.498. The van der Waals surface area contributed by atoms with Crippen LogP contribution in [0.25, 0.3) is 0 Å². The number of unbranched alkanes of at least 4 members (excludes halogenated alkanes) is 15. The van der Waals surface area contributed by atoms with Gasteiger partial charge in [0.15, 0.2) is 11.6 Å². The molecule has 0 spiro atoms. The summed E-state index contributed by atoms with van der Waals surface area (Å²) in [7, 11) is 0. The molecule has 0 bridgehead atoms. The van der Waals surface area contributed by atoms with Crippen molar-refractivity contribution in [1.82, 2.24) is 4.57 Å².